The zero-order valence-corrected chi connectivity index (χ0v) is 33.7. The van der Waals surface area contributed by atoms with E-state index >= 15 is 4.79 Å². The van der Waals surface area contributed by atoms with E-state index in [2.05, 4.69) is 79.4 Å². The van der Waals surface area contributed by atoms with Gasteiger partial charge in [-0.1, -0.05) is 124 Å². The summed E-state index contributed by atoms with van der Waals surface area (Å²) in [4.78, 5) is 17.3. The fraction of sp³-hybridized carbons (Fsp3) is 0.580. The lowest BCUT2D eigenvalue weighted by molar-refractivity contribution is -0.180. The van der Waals surface area contributed by atoms with E-state index in [1.807, 2.05) is 30.3 Å². The van der Waals surface area contributed by atoms with Gasteiger partial charge in [-0.2, -0.15) is 0 Å². The summed E-state index contributed by atoms with van der Waals surface area (Å²) in [6.07, 6.45) is 17.4. The van der Waals surface area contributed by atoms with Gasteiger partial charge in [0.15, 0.2) is 5.78 Å². The third-order valence-corrected chi connectivity index (χ3v) is 16.6. The Morgan fingerprint density at radius 3 is 2.38 bits per heavy atom. The van der Waals surface area contributed by atoms with Gasteiger partial charge in [-0.3, -0.25) is 9.69 Å². The molecule has 3 aromatic rings. The van der Waals surface area contributed by atoms with Gasteiger partial charge in [0.25, 0.3) is 0 Å². The highest BCUT2D eigenvalue weighted by molar-refractivity contribution is 6.00. The third-order valence-electron chi connectivity index (χ3n) is 16.6. The monoisotopic (exact) mass is 757 g/mol. The first-order valence-electron chi connectivity index (χ1n) is 21.9. The maximum absolute atomic E-state index is 15.0. The number of hydrogen-bond donors (Lipinski definition) is 3. The summed E-state index contributed by atoms with van der Waals surface area (Å²) in [6, 6.07) is 25.0. The highest BCUT2D eigenvalue weighted by Gasteiger charge is 2.74. The molecule has 0 aliphatic heterocycles. The average molecular weight is 758 g/mol. The lowest BCUT2D eigenvalue weighted by atomic mass is 9.32. The number of carbonyl (C=O) groups is 1. The van der Waals surface area contributed by atoms with E-state index in [-0.39, 0.29) is 35.4 Å². The molecule has 6 nitrogen and oxygen atoms in total. The van der Waals surface area contributed by atoms with Gasteiger partial charge in [-0.15, -0.1) is 0 Å². The number of ether oxygens (including phenoxy) is 1. The fourth-order valence-corrected chi connectivity index (χ4v) is 13.7. The standard InChI is InChI=1S/C50H63NO5/c1-46-23-20-39(52)28-48(46)26-27-50(42(29-48)45(54)37-15-7-4-8-16-37)43(46)21-24-47(2)44(50)22-25-49(47,55)34-51(30-38-18-11-17-36-14-9-10-19-41(36)38)31-40(53)33-56-32-35-12-5-3-6-13-35/h3,5-6,9-14,17-19,26-27,29,37,39-40,43-44,52-53,55H,4,7-8,15-16,20-25,28,30-34H2,1-2H3/t39?,40-,43-,44-,46-,47+,48+,49-,50-/m1/s1. The Morgan fingerprint density at radius 1 is 0.839 bits per heavy atom. The largest absolute Gasteiger partial charge is 0.393 e. The van der Waals surface area contributed by atoms with Crippen molar-refractivity contribution in [1.82, 2.24) is 4.90 Å². The van der Waals surface area contributed by atoms with E-state index < -0.39 is 22.5 Å². The van der Waals surface area contributed by atoms with Crippen LogP contribution in [0.2, 0.25) is 0 Å². The van der Waals surface area contributed by atoms with E-state index in [0.29, 0.717) is 50.8 Å². The first kappa shape index (κ1) is 38.4. The van der Waals surface area contributed by atoms with Crippen LogP contribution >= 0.6 is 0 Å². The number of carbonyl (C=O) groups excluding carboxylic acids is 1. The Labute approximate surface area is 334 Å². The van der Waals surface area contributed by atoms with Crippen molar-refractivity contribution in [1.29, 1.82) is 0 Å². The lowest BCUT2D eigenvalue weighted by Crippen LogP contribution is -2.67. The molecule has 0 amide bonds. The first-order valence-corrected chi connectivity index (χ1v) is 21.9. The van der Waals surface area contributed by atoms with E-state index in [0.717, 1.165) is 68.9 Å². The van der Waals surface area contributed by atoms with E-state index in [9.17, 15) is 15.3 Å². The minimum Gasteiger partial charge on any atom is -0.393 e. The number of allylic oxidation sites excluding steroid dienone is 4. The van der Waals surface area contributed by atoms with E-state index in [4.69, 9.17) is 4.74 Å². The molecule has 2 spiro atoms. The second kappa shape index (κ2) is 14.6. The molecule has 2 bridgehead atoms. The van der Waals surface area contributed by atoms with Crippen molar-refractivity contribution in [3.63, 3.8) is 0 Å². The van der Waals surface area contributed by atoms with Crippen molar-refractivity contribution in [2.75, 3.05) is 19.7 Å². The van der Waals surface area contributed by atoms with Gasteiger partial charge >= 0.3 is 0 Å². The van der Waals surface area contributed by atoms with Gasteiger partial charge in [-0.25, -0.2) is 0 Å². The number of nitrogens with zero attached hydrogens (tertiary/aromatic N) is 1. The second-order valence-corrected chi connectivity index (χ2v) is 19.5. The molecule has 7 aliphatic carbocycles. The highest BCUT2D eigenvalue weighted by atomic mass is 16.5. The molecule has 298 valence electrons. The highest BCUT2D eigenvalue weighted by Crippen LogP contribution is 2.78. The van der Waals surface area contributed by atoms with Gasteiger partial charge in [0.1, 0.15) is 0 Å². The number of hydrogen-bond acceptors (Lipinski definition) is 6. The van der Waals surface area contributed by atoms with Gasteiger partial charge in [0, 0.05) is 47.4 Å². The summed E-state index contributed by atoms with van der Waals surface area (Å²) in [6.45, 7) is 6.87. The molecule has 3 N–H and O–H groups in total. The Kier molecular flexibility index (Phi) is 10.0. The maximum Gasteiger partial charge on any atom is 0.162 e. The molecule has 4 saturated carbocycles. The van der Waals surface area contributed by atoms with Crippen LogP contribution in [0, 0.1) is 39.4 Å². The molecule has 7 aliphatic rings. The molecular weight excluding hydrogens is 695 g/mol. The van der Waals surface area contributed by atoms with Crippen LogP contribution in [0.25, 0.3) is 10.8 Å². The Hall–Kier alpha value is -3.13. The molecule has 0 aromatic heterocycles. The van der Waals surface area contributed by atoms with Crippen LogP contribution in [0.1, 0.15) is 102 Å². The zero-order valence-electron chi connectivity index (χ0n) is 33.7. The summed E-state index contributed by atoms with van der Waals surface area (Å²) in [5.41, 5.74) is 1.07. The van der Waals surface area contributed by atoms with Crippen molar-refractivity contribution < 1.29 is 24.9 Å². The minimum atomic E-state index is -1.02. The number of Topliss-reactive ketones (excluding diaryl/α,β-unsaturated/α-hetero) is 1. The van der Waals surface area contributed by atoms with Gasteiger partial charge in [0.2, 0.25) is 0 Å². The van der Waals surface area contributed by atoms with E-state index in [1.54, 1.807) is 0 Å². The molecule has 0 saturated heterocycles. The van der Waals surface area contributed by atoms with Crippen LogP contribution in [0.4, 0.5) is 0 Å². The molecule has 10 rings (SSSR count). The van der Waals surface area contributed by atoms with Crippen LogP contribution in [-0.4, -0.2) is 63.5 Å². The maximum atomic E-state index is 15.0. The summed E-state index contributed by atoms with van der Waals surface area (Å²) >= 11 is 0. The van der Waals surface area contributed by atoms with Crippen molar-refractivity contribution in [3.05, 3.63) is 108 Å². The van der Waals surface area contributed by atoms with Gasteiger partial charge in [0.05, 0.1) is 31.0 Å². The number of ketones is 1. The molecule has 6 heteroatoms. The second-order valence-electron chi connectivity index (χ2n) is 19.5. The third kappa shape index (κ3) is 6.11. The molecule has 3 aromatic carbocycles. The number of fused-ring (bicyclic) bond motifs is 2. The number of rotatable bonds is 12. The number of aliphatic hydroxyl groups is 3. The van der Waals surface area contributed by atoms with Crippen molar-refractivity contribution >= 4 is 16.6 Å². The Morgan fingerprint density at radius 2 is 1.55 bits per heavy atom. The first-order chi connectivity index (χ1) is 27.0. The predicted octanol–water partition coefficient (Wildman–Crippen LogP) is 8.96. The molecule has 1 unspecified atom stereocenters. The fourth-order valence-electron chi connectivity index (χ4n) is 13.7. The molecule has 4 fully saturated rings. The number of benzene rings is 3. The Balaban J connectivity index is 1.04. The van der Waals surface area contributed by atoms with Gasteiger partial charge < -0.3 is 20.1 Å². The predicted molar refractivity (Wildman–Crippen MR) is 221 cm³/mol. The lowest BCUT2D eigenvalue weighted by Gasteiger charge is -2.71. The Bertz CT molecular complexity index is 1980. The van der Waals surface area contributed by atoms with Crippen LogP contribution < -0.4 is 0 Å². The topological polar surface area (TPSA) is 90.2 Å². The molecule has 0 heterocycles. The van der Waals surface area contributed by atoms with Gasteiger partial charge in [-0.05, 0) is 96.9 Å². The van der Waals surface area contributed by atoms with Crippen molar-refractivity contribution in [2.24, 2.45) is 39.4 Å². The van der Waals surface area contributed by atoms with Crippen LogP contribution in [-0.2, 0) is 22.7 Å². The molecule has 9 atom stereocenters. The normalized spacial score (nSPS) is 36.9. The summed E-state index contributed by atoms with van der Waals surface area (Å²) in [5.74, 6) is 0.853. The molecular formula is C50H63NO5. The SMILES string of the molecule is C[C@]12CC[C@H]3[C@]4(C=C[C@@]5(C=C4C(=O)C4CCCCC4)CC(O)CC[C@]35C)[C@@H]1CC[C@@]2(O)CN(Cc1cccc2ccccc12)C[C@@H](O)COCc1ccccc1. The zero-order chi connectivity index (χ0) is 38.8. The van der Waals surface area contributed by atoms with Crippen LogP contribution in [0.15, 0.2) is 96.6 Å². The van der Waals surface area contributed by atoms with Crippen molar-refractivity contribution in [3.8, 4) is 0 Å². The number of aliphatic hydroxyl groups excluding tert-OH is 2. The van der Waals surface area contributed by atoms with E-state index in [1.165, 1.54) is 22.8 Å². The van der Waals surface area contributed by atoms with Crippen molar-refractivity contribution in [2.45, 2.75) is 122 Å². The smallest absolute Gasteiger partial charge is 0.162 e. The summed E-state index contributed by atoms with van der Waals surface area (Å²) in [5, 5.41) is 38.4. The van der Waals surface area contributed by atoms with Crippen LogP contribution in [0.3, 0.4) is 0 Å². The quantitative estimate of drug-likeness (QED) is 0.160. The minimum absolute atomic E-state index is 0.0381. The molecule has 0 radical (unpaired) electrons. The summed E-state index contributed by atoms with van der Waals surface area (Å²) in [7, 11) is 0. The average Bonchev–Trinajstić information content (AvgIpc) is 3.48. The molecule has 56 heavy (non-hydrogen) atoms. The van der Waals surface area contributed by atoms with Crippen LogP contribution in [0.5, 0.6) is 0 Å². The summed E-state index contributed by atoms with van der Waals surface area (Å²) < 4.78 is 6.04.